The van der Waals surface area contributed by atoms with Crippen LogP contribution in [0.4, 0.5) is 0 Å². The molecule has 0 aromatic carbocycles. The van der Waals surface area contributed by atoms with E-state index in [1.54, 1.807) is 25.3 Å². The van der Waals surface area contributed by atoms with E-state index in [4.69, 9.17) is 20.4 Å². The van der Waals surface area contributed by atoms with Gasteiger partial charge in [0, 0.05) is 0 Å². The van der Waals surface area contributed by atoms with Crippen molar-refractivity contribution in [2.75, 3.05) is 0 Å². The fraction of sp³-hybridized carbons (Fsp3) is 0.250. The minimum absolute atomic E-state index is 0.281. The highest BCUT2D eigenvalue weighted by Crippen LogP contribution is 2.23. The van der Waals surface area contributed by atoms with Crippen LogP contribution in [0.5, 0.6) is 0 Å². The summed E-state index contributed by atoms with van der Waals surface area (Å²) in [5.74, 6) is 1.30. The van der Waals surface area contributed by atoms with Crippen molar-refractivity contribution in [1.82, 2.24) is 10.2 Å². The number of nitrogens with zero attached hydrogens (tertiary/aromatic N) is 2. The van der Waals surface area contributed by atoms with Gasteiger partial charge in [0.25, 0.3) is 5.89 Å². The highest BCUT2D eigenvalue weighted by atomic mass is 35.5. The summed E-state index contributed by atoms with van der Waals surface area (Å²) in [4.78, 5) is 0. The smallest absolute Gasteiger partial charge is 0.283 e. The number of furan rings is 1. The van der Waals surface area contributed by atoms with E-state index in [-0.39, 0.29) is 5.38 Å². The molecule has 0 amide bonds. The van der Waals surface area contributed by atoms with E-state index in [9.17, 15) is 0 Å². The monoisotopic (exact) mass is 198 g/mol. The first-order chi connectivity index (χ1) is 6.27. The van der Waals surface area contributed by atoms with Gasteiger partial charge in [0.05, 0.1) is 6.26 Å². The average Bonchev–Trinajstić information content (AvgIpc) is 2.75. The van der Waals surface area contributed by atoms with Crippen molar-refractivity contribution in [3.63, 3.8) is 0 Å². The van der Waals surface area contributed by atoms with Crippen LogP contribution in [-0.2, 0) is 0 Å². The molecule has 4 nitrogen and oxygen atoms in total. The molecule has 68 valence electrons. The summed E-state index contributed by atoms with van der Waals surface area (Å²) in [6.45, 7) is 1.76. The van der Waals surface area contributed by atoms with Gasteiger partial charge < -0.3 is 8.83 Å². The quantitative estimate of drug-likeness (QED) is 0.696. The van der Waals surface area contributed by atoms with Gasteiger partial charge in [0.2, 0.25) is 5.89 Å². The fourth-order valence-electron chi connectivity index (χ4n) is 0.895. The zero-order chi connectivity index (χ0) is 9.26. The van der Waals surface area contributed by atoms with Gasteiger partial charge in [-0.3, -0.25) is 0 Å². The number of alkyl halides is 1. The van der Waals surface area contributed by atoms with Gasteiger partial charge in [0.1, 0.15) is 5.38 Å². The number of hydrogen-bond donors (Lipinski definition) is 0. The summed E-state index contributed by atoms with van der Waals surface area (Å²) in [5.41, 5.74) is 0. The summed E-state index contributed by atoms with van der Waals surface area (Å²) in [6, 6.07) is 3.50. The Hall–Kier alpha value is -1.29. The molecule has 0 aliphatic rings. The average molecular weight is 199 g/mol. The van der Waals surface area contributed by atoms with Crippen LogP contribution in [-0.4, -0.2) is 10.2 Å². The zero-order valence-corrected chi connectivity index (χ0v) is 7.65. The highest BCUT2D eigenvalue weighted by Gasteiger charge is 2.13. The molecule has 0 radical (unpaired) electrons. The number of hydrogen-bond acceptors (Lipinski definition) is 4. The standard InChI is InChI=1S/C8H7ClN2O2/c1-5(9)7-10-11-8(13-7)6-3-2-4-12-6/h2-5H,1H3. The lowest BCUT2D eigenvalue weighted by Crippen LogP contribution is -1.81. The molecule has 0 aliphatic carbocycles. The molecule has 0 aliphatic heterocycles. The normalized spacial score (nSPS) is 13.1. The molecule has 0 saturated carbocycles. The molecule has 0 saturated heterocycles. The summed E-state index contributed by atoms with van der Waals surface area (Å²) in [5, 5.41) is 7.27. The first-order valence-corrected chi connectivity index (χ1v) is 4.22. The van der Waals surface area contributed by atoms with Crippen molar-refractivity contribution in [3.8, 4) is 11.7 Å². The van der Waals surface area contributed by atoms with E-state index >= 15 is 0 Å². The zero-order valence-electron chi connectivity index (χ0n) is 6.90. The number of aromatic nitrogens is 2. The number of halogens is 1. The van der Waals surface area contributed by atoms with Crippen LogP contribution in [0.15, 0.2) is 27.2 Å². The SMILES string of the molecule is CC(Cl)c1nnc(-c2ccco2)o1. The molecular weight excluding hydrogens is 192 g/mol. The second-order valence-corrected chi connectivity index (χ2v) is 3.19. The van der Waals surface area contributed by atoms with Crippen molar-refractivity contribution in [1.29, 1.82) is 0 Å². The predicted molar refractivity (Wildman–Crippen MR) is 46.3 cm³/mol. The van der Waals surface area contributed by atoms with Gasteiger partial charge in [-0.25, -0.2) is 0 Å². The van der Waals surface area contributed by atoms with Gasteiger partial charge in [-0.05, 0) is 19.1 Å². The third kappa shape index (κ3) is 1.58. The Labute approximate surface area is 79.5 Å². The molecule has 2 aromatic heterocycles. The minimum Gasteiger partial charge on any atom is -0.459 e. The van der Waals surface area contributed by atoms with Crippen LogP contribution in [0, 0.1) is 0 Å². The topological polar surface area (TPSA) is 52.1 Å². The van der Waals surface area contributed by atoms with E-state index in [0.29, 0.717) is 17.5 Å². The molecule has 2 aromatic rings. The molecule has 0 spiro atoms. The van der Waals surface area contributed by atoms with Gasteiger partial charge in [0.15, 0.2) is 5.76 Å². The Morgan fingerprint density at radius 2 is 2.31 bits per heavy atom. The second-order valence-electron chi connectivity index (χ2n) is 2.54. The summed E-state index contributed by atoms with van der Waals surface area (Å²) < 4.78 is 10.3. The molecule has 0 bridgehead atoms. The molecule has 1 atom stereocenters. The molecule has 2 heterocycles. The Kier molecular flexibility index (Phi) is 2.06. The van der Waals surface area contributed by atoms with Crippen molar-refractivity contribution in [2.45, 2.75) is 12.3 Å². The first-order valence-electron chi connectivity index (χ1n) is 3.78. The molecule has 13 heavy (non-hydrogen) atoms. The van der Waals surface area contributed by atoms with E-state index in [1.807, 2.05) is 0 Å². The number of rotatable bonds is 2. The molecule has 0 N–H and O–H groups in total. The van der Waals surface area contributed by atoms with Gasteiger partial charge in [-0.2, -0.15) is 0 Å². The third-order valence-corrected chi connectivity index (χ3v) is 1.70. The van der Waals surface area contributed by atoms with E-state index < -0.39 is 0 Å². The van der Waals surface area contributed by atoms with Crippen LogP contribution >= 0.6 is 11.6 Å². The van der Waals surface area contributed by atoms with Crippen LogP contribution in [0.2, 0.25) is 0 Å². The van der Waals surface area contributed by atoms with Crippen LogP contribution in [0.3, 0.4) is 0 Å². The maximum absolute atomic E-state index is 5.75. The maximum atomic E-state index is 5.75. The van der Waals surface area contributed by atoms with Gasteiger partial charge in [-0.15, -0.1) is 21.8 Å². The summed E-state index contributed by atoms with van der Waals surface area (Å²) >= 11 is 5.75. The lowest BCUT2D eigenvalue weighted by molar-refractivity contribution is 0.481. The maximum Gasteiger partial charge on any atom is 0.283 e. The summed E-state index contributed by atoms with van der Waals surface area (Å²) in [6.07, 6.45) is 1.54. The lowest BCUT2D eigenvalue weighted by atomic mass is 10.4. The highest BCUT2D eigenvalue weighted by molar-refractivity contribution is 6.20. The van der Waals surface area contributed by atoms with Gasteiger partial charge in [-0.1, -0.05) is 0 Å². The van der Waals surface area contributed by atoms with E-state index in [2.05, 4.69) is 10.2 Å². The molecule has 0 fully saturated rings. The van der Waals surface area contributed by atoms with E-state index in [0.717, 1.165) is 0 Å². The molecule has 2 rings (SSSR count). The first kappa shape index (κ1) is 8.31. The third-order valence-electron chi connectivity index (χ3n) is 1.51. The van der Waals surface area contributed by atoms with E-state index in [1.165, 1.54) is 0 Å². The largest absolute Gasteiger partial charge is 0.459 e. The Morgan fingerprint density at radius 1 is 1.46 bits per heavy atom. The Balaban J connectivity index is 2.33. The fourth-order valence-corrected chi connectivity index (χ4v) is 0.983. The minimum atomic E-state index is -0.281. The van der Waals surface area contributed by atoms with Crippen molar-refractivity contribution < 1.29 is 8.83 Å². The predicted octanol–water partition coefficient (Wildman–Crippen LogP) is 2.63. The van der Waals surface area contributed by atoms with Crippen molar-refractivity contribution in [2.24, 2.45) is 0 Å². The molecular formula is C8H7ClN2O2. The van der Waals surface area contributed by atoms with Gasteiger partial charge >= 0.3 is 0 Å². The van der Waals surface area contributed by atoms with Crippen molar-refractivity contribution >= 4 is 11.6 Å². The van der Waals surface area contributed by atoms with Crippen LogP contribution < -0.4 is 0 Å². The van der Waals surface area contributed by atoms with Crippen LogP contribution in [0.25, 0.3) is 11.7 Å². The Morgan fingerprint density at radius 3 is 2.85 bits per heavy atom. The molecule has 5 heteroatoms. The van der Waals surface area contributed by atoms with Crippen molar-refractivity contribution in [3.05, 3.63) is 24.3 Å². The second kappa shape index (κ2) is 3.22. The molecule has 1 unspecified atom stereocenters. The Bertz CT molecular complexity index is 381. The summed E-state index contributed by atoms with van der Waals surface area (Å²) in [7, 11) is 0. The lowest BCUT2D eigenvalue weighted by Gasteiger charge is -1.91. The van der Waals surface area contributed by atoms with Crippen LogP contribution in [0.1, 0.15) is 18.2 Å².